The Labute approximate surface area is 276 Å². The minimum atomic E-state index is -0.934. The van der Waals surface area contributed by atoms with Gasteiger partial charge in [0, 0.05) is 24.7 Å². The van der Waals surface area contributed by atoms with Crippen molar-refractivity contribution >= 4 is 23.8 Å². The Morgan fingerprint density at radius 3 is 1.38 bits per heavy atom. The first-order valence-electron chi connectivity index (χ1n) is 15.7. The number of nitrogens with zero attached hydrogens (tertiary/aromatic N) is 6. The van der Waals surface area contributed by atoms with E-state index >= 15 is 0 Å². The van der Waals surface area contributed by atoms with Gasteiger partial charge >= 0.3 is 17.9 Å². The molecule has 7 N–H and O–H groups in total. The van der Waals surface area contributed by atoms with Crippen LogP contribution in [0.1, 0.15) is 86.0 Å². The number of H-pyrrole nitrogens is 2. The summed E-state index contributed by atoms with van der Waals surface area (Å²) in [5.41, 5.74) is 7.12. The van der Waals surface area contributed by atoms with Crippen molar-refractivity contribution in [2.24, 2.45) is 17.6 Å². The van der Waals surface area contributed by atoms with E-state index < -0.39 is 41.6 Å². The second kappa shape index (κ2) is 19.9. The molecule has 256 valence electrons. The number of carbonyl (C=O) groups is 4. The molecule has 4 rings (SSSR count). The van der Waals surface area contributed by atoms with Gasteiger partial charge in [0.1, 0.15) is 0 Å². The number of aliphatic carboxylic acids is 3. The Morgan fingerprint density at radius 2 is 1.04 bits per heavy atom. The highest BCUT2D eigenvalue weighted by atomic mass is 16.4. The van der Waals surface area contributed by atoms with Crippen LogP contribution in [0.25, 0.3) is 0 Å². The Balaban J connectivity index is 0.000000260. The Kier molecular flexibility index (Phi) is 15.3. The summed E-state index contributed by atoms with van der Waals surface area (Å²) in [4.78, 5) is 44.9. The number of hydrogen-bond acceptors (Lipinski definition) is 10. The number of nitrogens with one attached hydrogen (secondary N) is 2. The molecule has 1 amide bonds. The molecule has 48 heavy (non-hydrogen) atoms. The second-order valence-electron chi connectivity index (χ2n) is 11.4. The molecule has 0 saturated heterocycles. The maximum absolute atomic E-state index is 11.8. The lowest BCUT2D eigenvalue weighted by Crippen LogP contribution is -2.25. The molecule has 0 unspecified atom stereocenters. The zero-order chi connectivity index (χ0) is 34.7. The molecular formula is C32H41N9O7. The summed E-state index contributed by atoms with van der Waals surface area (Å²) in [7, 11) is 0. The van der Waals surface area contributed by atoms with Crippen LogP contribution >= 0.6 is 0 Å². The molecule has 0 bridgehead atoms. The summed E-state index contributed by atoms with van der Waals surface area (Å²) in [6.07, 6.45) is 4.23. The van der Waals surface area contributed by atoms with Crippen molar-refractivity contribution in [3.05, 3.63) is 83.4 Å². The van der Waals surface area contributed by atoms with Crippen LogP contribution in [0.4, 0.5) is 0 Å². The molecule has 0 aliphatic rings. The largest absolute Gasteiger partial charge is 0.481 e. The number of unbranched alkanes of at least 4 members (excludes halogenated alkanes) is 2. The monoisotopic (exact) mass is 663 g/mol. The number of primary amides is 1. The first-order chi connectivity index (χ1) is 23.2. The number of carboxylic acid groups (broad SMARTS) is 3. The third kappa shape index (κ3) is 12.7. The molecule has 0 aliphatic carbocycles. The number of aromatic amines is 2. The molecule has 0 fully saturated rings. The van der Waals surface area contributed by atoms with E-state index in [1.165, 1.54) is 0 Å². The standard InChI is InChI=1S/C16H21N5O3.C16H20N4O4/c17-14(22)9-5-4-8-12(16(23)24)13(15-18-20-21-19-15)10-11-6-2-1-3-7-11;21-14(22)9-5-4-8-12(16(23)24)13(15-17-19-20-18-15)10-11-6-2-1-3-7-11/h1-3,6-7,12-13H,4-5,8-10H2,(H2,17,22)(H,23,24)(H,18,19,20,21);1-3,6-7,12-13H,4-5,8-10H2,(H,21,22)(H,23,24)(H,17,18,19,20)/t2*12-,13-/m00/s1. The molecule has 0 spiro atoms. The Hall–Kier alpha value is -5.54. The third-order valence-corrected chi connectivity index (χ3v) is 7.93. The van der Waals surface area contributed by atoms with Crippen LogP contribution < -0.4 is 5.73 Å². The van der Waals surface area contributed by atoms with Crippen LogP contribution in [0.15, 0.2) is 60.7 Å². The molecule has 4 atom stereocenters. The number of amides is 1. The molecule has 16 heteroatoms. The lowest BCUT2D eigenvalue weighted by atomic mass is 9.83. The minimum Gasteiger partial charge on any atom is -0.481 e. The Bertz CT molecular complexity index is 1410. The minimum absolute atomic E-state index is 0.0396. The topological polar surface area (TPSA) is 264 Å². The van der Waals surface area contributed by atoms with Gasteiger partial charge in [-0.3, -0.25) is 19.2 Å². The number of rotatable bonds is 20. The summed E-state index contributed by atoms with van der Waals surface area (Å²) in [6, 6.07) is 19.1. The van der Waals surface area contributed by atoms with Gasteiger partial charge in [0.25, 0.3) is 0 Å². The maximum Gasteiger partial charge on any atom is 0.307 e. The average Bonchev–Trinajstić information content (AvgIpc) is 3.80. The molecule has 2 heterocycles. The number of aromatic nitrogens is 8. The van der Waals surface area contributed by atoms with Crippen LogP contribution in [0.5, 0.6) is 0 Å². The van der Waals surface area contributed by atoms with Crippen LogP contribution in [0.3, 0.4) is 0 Å². The fourth-order valence-corrected chi connectivity index (χ4v) is 5.51. The molecule has 2 aromatic carbocycles. The normalized spacial score (nSPS) is 13.3. The van der Waals surface area contributed by atoms with Gasteiger partial charge in [-0.2, -0.15) is 10.4 Å². The molecular weight excluding hydrogens is 622 g/mol. The summed E-state index contributed by atoms with van der Waals surface area (Å²) >= 11 is 0. The van der Waals surface area contributed by atoms with E-state index in [0.29, 0.717) is 63.0 Å². The van der Waals surface area contributed by atoms with Gasteiger partial charge in [0.05, 0.1) is 11.8 Å². The van der Waals surface area contributed by atoms with Gasteiger partial charge < -0.3 is 21.1 Å². The summed E-state index contributed by atoms with van der Waals surface area (Å²) in [5.74, 6) is -4.50. The first kappa shape index (κ1) is 36.9. The fraction of sp³-hybridized carbons (Fsp3) is 0.438. The van der Waals surface area contributed by atoms with E-state index in [1.54, 1.807) is 0 Å². The molecule has 0 radical (unpaired) electrons. The van der Waals surface area contributed by atoms with E-state index in [1.807, 2.05) is 60.7 Å². The number of tetrazole rings is 2. The van der Waals surface area contributed by atoms with E-state index in [4.69, 9.17) is 10.8 Å². The van der Waals surface area contributed by atoms with E-state index in [2.05, 4.69) is 41.2 Å². The lowest BCUT2D eigenvalue weighted by Gasteiger charge is -2.21. The van der Waals surface area contributed by atoms with Gasteiger partial charge in [-0.25, -0.2) is 0 Å². The van der Waals surface area contributed by atoms with Crippen molar-refractivity contribution in [3.63, 3.8) is 0 Å². The third-order valence-electron chi connectivity index (χ3n) is 7.93. The molecule has 0 aliphatic heterocycles. The van der Waals surface area contributed by atoms with Gasteiger partial charge in [-0.1, -0.05) is 83.9 Å². The van der Waals surface area contributed by atoms with Crippen molar-refractivity contribution < 1.29 is 34.5 Å². The van der Waals surface area contributed by atoms with Crippen LogP contribution in [0, 0.1) is 11.8 Å². The predicted molar refractivity (Wildman–Crippen MR) is 170 cm³/mol. The fourth-order valence-electron chi connectivity index (χ4n) is 5.51. The predicted octanol–water partition coefficient (Wildman–Crippen LogP) is 3.14. The number of nitrogens with two attached hydrogens (primary N) is 1. The highest BCUT2D eigenvalue weighted by molar-refractivity contribution is 5.73. The summed E-state index contributed by atoms with van der Waals surface area (Å²) < 4.78 is 0. The number of carbonyl (C=O) groups excluding carboxylic acids is 1. The quantitative estimate of drug-likeness (QED) is 0.0743. The van der Waals surface area contributed by atoms with Crippen LogP contribution in [-0.4, -0.2) is 80.4 Å². The lowest BCUT2D eigenvalue weighted by molar-refractivity contribution is -0.144. The Morgan fingerprint density at radius 1 is 0.625 bits per heavy atom. The smallest absolute Gasteiger partial charge is 0.307 e. The average molecular weight is 664 g/mol. The zero-order valence-corrected chi connectivity index (χ0v) is 26.4. The van der Waals surface area contributed by atoms with Crippen molar-refractivity contribution in [2.45, 2.75) is 76.0 Å². The number of carboxylic acids is 3. The van der Waals surface area contributed by atoms with Crippen molar-refractivity contribution in [1.29, 1.82) is 0 Å². The number of benzene rings is 2. The molecule has 2 aromatic heterocycles. The van der Waals surface area contributed by atoms with E-state index in [9.17, 15) is 29.4 Å². The highest BCUT2D eigenvalue weighted by Crippen LogP contribution is 2.31. The summed E-state index contributed by atoms with van der Waals surface area (Å²) in [5, 5.41) is 55.7. The molecule has 4 aromatic rings. The summed E-state index contributed by atoms with van der Waals surface area (Å²) in [6.45, 7) is 0. The van der Waals surface area contributed by atoms with Crippen molar-refractivity contribution in [2.75, 3.05) is 0 Å². The highest BCUT2D eigenvalue weighted by Gasteiger charge is 2.33. The van der Waals surface area contributed by atoms with Gasteiger partial charge in [-0.15, -0.1) is 20.4 Å². The maximum atomic E-state index is 11.8. The van der Waals surface area contributed by atoms with Gasteiger partial charge in [-0.05, 0) is 49.7 Å². The molecule has 0 saturated carbocycles. The van der Waals surface area contributed by atoms with E-state index in [0.717, 1.165) is 11.1 Å². The SMILES string of the molecule is NC(=O)CCCC[C@H](C(=O)O)[C@H](Cc1ccccc1)c1nn[nH]n1.O=C(O)CCCC[C@H](C(=O)O)[C@H](Cc1ccccc1)c1nn[nH]n1. The van der Waals surface area contributed by atoms with Crippen LogP contribution in [-0.2, 0) is 32.0 Å². The van der Waals surface area contributed by atoms with Crippen molar-refractivity contribution in [1.82, 2.24) is 41.2 Å². The van der Waals surface area contributed by atoms with Crippen molar-refractivity contribution in [3.8, 4) is 0 Å². The molecule has 16 nitrogen and oxygen atoms in total. The zero-order valence-electron chi connectivity index (χ0n) is 26.4. The van der Waals surface area contributed by atoms with E-state index in [-0.39, 0.29) is 18.7 Å². The number of hydrogen-bond donors (Lipinski definition) is 6. The first-order valence-corrected chi connectivity index (χ1v) is 15.7. The second-order valence-corrected chi connectivity index (χ2v) is 11.4. The van der Waals surface area contributed by atoms with Gasteiger partial charge in [0.2, 0.25) is 5.91 Å². The van der Waals surface area contributed by atoms with Gasteiger partial charge in [0.15, 0.2) is 11.6 Å². The van der Waals surface area contributed by atoms with Crippen LogP contribution in [0.2, 0.25) is 0 Å².